The van der Waals surface area contributed by atoms with Gasteiger partial charge in [-0.15, -0.1) is 0 Å². The largest absolute Gasteiger partial charge is 0.490 e. The summed E-state index contributed by atoms with van der Waals surface area (Å²) in [6, 6.07) is 9.78. The minimum atomic E-state index is -4.36. The second-order valence-corrected chi connectivity index (χ2v) is 9.83. The third kappa shape index (κ3) is 5.19. The Hall–Kier alpha value is -2.30. The molecular formula is C22H25F3N2O4S. The van der Waals surface area contributed by atoms with E-state index in [-0.39, 0.29) is 4.90 Å². The highest BCUT2D eigenvalue weighted by Crippen LogP contribution is 2.33. The molecule has 2 aromatic rings. The maximum Gasteiger partial charge on any atom is 0.416 e. The van der Waals surface area contributed by atoms with Gasteiger partial charge in [0.2, 0.25) is 10.0 Å². The van der Waals surface area contributed by atoms with Crippen molar-refractivity contribution < 1.29 is 31.1 Å². The first-order chi connectivity index (χ1) is 15.2. The molecule has 0 N–H and O–H groups in total. The van der Waals surface area contributed by atoms with Crippen LogP contribution in [0.1, 0.15) is 24.0 Å². The first-order valence-corrected chi connectivity index (χ1v) is 12.0. The van der Waals surface area contributed by atoms with Crippen molar-refractivity contribution in [2.75, 3.05) is 39.4 Å². The Kier molecular flexibility index (Phi) is 6.64. The third-order valence-corrected chi connectivity index (χ3v) is 7.49. The summed E-state index contributed by atoms with van der Waals surface area (Å²) in [5.41, 5.74) is 0.0849. The minimum Gasteiger partial charge on any atom is -0.490 e. The van der Waals surface area contributed by atoms with Gasteiger partial charge in [-0.1, -0.05) is 12.1 Å². The molecule has 32 heavy (non-hydrogen) atoms. The van der Waals surface area contributed by atoms with Crippen molar-refractivity contribution in [3.63, 3.8) is 0 Å². The van der Waals surface area contributed by atoms with Gasteiger partial charge in [-0.3, -0.25) is 4.90 Å². The van der Waals surface area contributed by atoms with Crippen LogP contribution in [0.5, 0.6) is 11.5 Å². The highest BCUT2D eigenvalue weighted by molar-refractivity contribution is 7.89. The monoisotopic (exact) mass is 470 g/mol. The molecule has 2 heterocycles. The van der Waals surface area contributed by atoms with Gasteiger partial charge in [0, 0.05) is 38.7 Å². The lowest BCUT2D eigenvalue weighted by Crippen LogP contribution is -2.35. The lowest BCUT2D eigenvalue weighted by Gasteiger charge is -2.22. The van der Waals surface area contributed by atoms with E-state index in [1.807, 2.05) is 0 Å². The third-order valence-electron chi connectivity index (χ3n) is 5.59. The summed E-state index contributed by atoms with van der Waals surface area (Å²) < 4.78 is 77.3. The van der Waals surface area contributed by atoms with Crippen LogP contribution in [0.4, 0.5) is 13.2 Å². The highest BCUT2D eigenvalue weighted by atomic mass is 32.2. The number of fused-ring (bicyclic) bond motifs is 1. The predicted molar refractivity (Wildman–Crippen MR) is 112 cm³/mol. The van der Waals surface area contributed by atoms with E-state index < -0.39 is 21.8 Å². The van der Waals surface area contributed by atoms with Crippen LogP contribution in [0.3, 0.4) is 0 Å². The summed E-state index contributed by atoms with van der Waals surface area (Å²) in [6.07, 6.45) is -2.99. The number of nitrogens with zero attached hydrogens (tertiary/aromatic N) is 2. The minimum absolute atomic E-state index is 0.165. The van der Waals surface area contributed by atoms with E-state index in [0.29, 0.717) is 63.9 Å². The van der Waals surface area contributed by atoms with Gasteiger partial charge in [-0.2, -0.15) is 17.5 Å². The van der Waals surface area contributed by atoms with Crippen molar-refractivity contribution in [2.24, 2.45) is 0 Å². The molecule has 0 bridgehead atoms. The molecule has 0 atom stereocenters. The molecule has 0 radical (unpaired) electrons. The van der Waals surface area contributed by atoms with Gasteiger partial charge in [0.25, 0.3) is 0 Å². The zero-order valence-corrected chi connectivity index (χ0v) is 18.3. The van der Waals surface area contributed by atoms with Crippen molar-refractivity contribution in [1.82, 2.24) is 9.21 Å². The average Bonchev–Trinajstić information content (AvgIpc) is 3.14. The van der Waals surface area contributed by atoms with Gasteiger partial charge < -0.3 is 9.47 Å². The van der Waals surface area contributed by atoms with Gasteiger partial charge in [-0.25, -0.2) is 8.42 Å². The van der Waals surface area contributed by atoms with Crippen molar-refractivity contribution in [3.05, 3.63) is 53.6 Å². The maximum absolute atomic E-state index is 13.2. The fraction of sp³-hybridized carbons (Fsp3) is 0.455. The lowest BCUT2D eigenvalue weighted by molar-refractivity contribution is -0.137. The summed E-state index contributed by atoms with van der Waals surface area (Å²) in [5, 5.41) is 0. The Bertz CT molecular complexity index is 1040. The van der Waals surface area contributed by atoms with Crippen LogP contribution in [0.25, 0.3) is 0 Å². The Morgan fingerprint density at radius 2 is 1.56 bits per heavy atom. The quantitative estimate of drug-likeness (QED) is 0.681. The van der Waals surface area contributed by atoms with Gasteiger partial charge in [-0.05, 0) is 42.8 Å². The fourth-order valence-corrected chi connectivity index (χ4v) is 5.34. The summed E-state index contributed by atoms with van der Waals surface area (Å²) >= 11 is 0. The average molecular weight is 471 g/mol. The Balaban J connectivity index is 1.42. The summed E-state index contributed by atoms with van der Waals surface area (Å²) in [6.45, 7) is 3.30. The number of hydrogen-bond acceptors (Lipinski definition) is 5. The van der Waals surface area contributed by atoms with Crippen LogP contribution in [-0.2, 0) is 22.7 Å². The van der Waals surface area contributed by atoms with E-state index in [9.17, 15) is 21.6 Å². The second-order valence-electron chi connectivity index (χ2n) is 7.89. The van der Waals surface area contributed by atoms with Crippen LogP contribution in [0.15, 0.2) is 47.4 Å². The molecular weight excluding hydrogens is 445 g/mol. The van der Waals surface area contributed by atoms with E-state index >= 15 is 0 Å². The molecule has 0 unspecified atom stereocenters. The van der Waals surface area contributed by atoms with E-state index in [0.717, 1.165) is 24.1 Å². The topological polar surface area (TPSA) is 59.1 Å². The van der Waals surface area contributed by atoms with Gasteiger partial charge in [0.1, 0.15) is 0 Å². The number of sulfonamides is 1. The van der Waals surface area contributed by atoms with E-state index in [4.69, 9.17) is 9.47 Å². The molecule has 0 saturated carbocycles. The number of alkyl halides is 3. The zero-order valence-electron chi connectivity index (χ0n) is 17.5. The summed E-state index contributed by atoms with van der Waals surface area (Å²) in [7, 11) is -3.70. The van der Waals surface area contributed by atoms with Crippen LogP contribution >= 0.6 is 0 Å². The summed E-state index contributed by atoms with van der Waals surface area (Å²) in [5.74, 6) is 0.974. The second kappa shape index (κ2) is 9.29. The Morgan fingerprint density at radius 1 is 0.844 bits per heavy atom. The molecule has 2 aromatic carbocycles. The maximum atomic E-state index is 13.2. The van der Waals surface area contributed by atoms with Gasteiger partial charge in [0.15, 0.2) is 11.5 Å². The van der Waals surface area contributed by atoms with E-state index in [2.05, 4.69) is 4.90 Å². The number of rotatable bonds is 4. The van der Waals surface area contributed by atoms with Gasteiger partial charge >= 0.3 is 6.18 Å². The molecule has 0 aliphatic carbocycles. The molecule has 10 heteroatoms. The number of ether oxygens (including phenoxy) is 2. The normalized spacial score (nSPS) is 18.7. The molecule has 0 amide bonds. The molecule has 4 rings (SSSR count). The molecule has 0 aromatic heterocycles. The molecule has 1 saturated heterocycles. The Labute approximate surface area is 185 Å². The molecule has 1 fully saturated rings. The van der Waals surface area contributed by atoms with Crippen molar-refractivity contribution in [2.45, 2.75) is 30.5 Å². The number of benzene rings is 2. The molecule has 174 valence electrons. The van der Waals surface area contributed by atoms with E-state index in [1.54, 1.807) is 6.07 Å². The smallest absolute Gasteiger partial charge is 0.416 e. The van der Waals surface area contributed by atoms with Crippen molar-refractivity contribution in [1.29, 1.82) is 0 Å². The predicted octanol–water partition coefficient (Wildman–Crippen LogP) is 3.76. The lowest BCUT2D eigenvalue weighted by atomic mass is 10.1. The van der Waals surface area contributed by atoms with Crippen LogP contribution in [0.2, 0.25) is 0 Å². The van der Waals surface area contributed by atoms with Crippen molar-refractivity contribution in [3.8, 4) is 11.5 Å². The molecule has 0 spiro atoms. The van der Waals surface area contributed by atoms with E-state index in [1.165, 1.54) is 28.6 Å². The number of hydrogen-bond donors (Lipinski definition) is 0. The highest BCUT2D eigenvalue weighted by Gasteiger charge is 2.30. The van der Waals surface area contributed by atoms with Crippen LogP contribution in [0, 0.1) is 0 Å². The Morgan fingerprint density at radius 3 is 2.28 bits per heavy atom. The molecule has 2 aliphatic heterocycles. The molecule has 6 nitrogen and oxygen atoms in total. The first-order valence-electron chi connectivity index (χ1n) is 10.5. The first kappa shape index (κ1) is 22.9. The van der Waals surface area contributed by atoms with Crippen LogP contribution in [-0.4, -0.2) is 57.0 Å². The SMILES string of the molecule is O=S(=O)(c1ccc2c(c1)OCCCO2)N1CCCN(Cc2ccc(C(F)(F)F)cc2)CC1. The molecule has 2 aliphatic rings. The van der Waals surface area contributed by atoms with Gasteiger partial charge in [0.05, 0.1) is 23.7 Å². The van der Waals surface area contributed by atoms with Crippen molar-refractivity contribution >= 4 is 10.0 Å². The zero-order chi connectivity index (χ0) is 22.8. The number of halogens is 3. The van der Waals surface area contributed by atoms with Crippen LogP contribution < -0.4 is 9.47 Å². The fourth-order valence-electron chi connectivity index (χ4n) is 3.86. The summed E-state index contributed by atoms with van der Waals surface area (Å²) in [4.78, 5) is 2.23. The standard InChI is InChI=1S/C22H25F3N2O4S/c23-22(24,25)18-5-3-17(4-6-18)16-26-9-1-10-27(12-11-26)32(28,29)19-7-8-20-21(15-19)31-14-2-13-30-20/h3-8,15H,1-2,9-14,16H2.